The first-order valence-corrected chi connectivity index (χ1v) is 9.38. The molecule has 1 aliphatic heterocycles. The maximum Gasteiger partial charge on any atom is 0.238 e. The quantitative estimate of drug-likeness (QED) is 0.557. The third-order valence-electron chi connectivity index (χ3n) is 5.58. The van der Waals surface area contributed by atoms with Crippen LogP contribution in [0.1, 0.15) is 23.6 Å². The second-order valence-corrected chi connectivity index (χ2v) is 7.02. The molecule has 0 aromatic heterocycles. The molecule has 1 fully saturated rings. The lowest BCUT2D eigenvalue weighted by molar-refractivity contribution is -0.121. The van der Waals surface area contributed by atoms with Crippen LogP contribution in [0.15, 0.2) is 91.0 Å². The van der Waals surface area contributed by atoms with Crippen LogP contribution in [0.5, 0.6) is 0 Å². The summed E-state index contributed by atoms with van der Waals surface area (Å²) in [5.41, 5.74) is 2.99. The van der Waals surface area contributed by atoms with Gasteiger partial charge in [-0.15, -0.1) is 0 Å². The molecule has 1 heterocycles. The van der Waals surface area contributed by atoms with Gasteiger partial charge in [0.25, 0.3) is 0 Å². The predicted molar refractivity (Wildman–Crippen MR) is 108 cm³/mol. The van der Waals surface area contributed by atoms with Crippen LogP contribution in [0.3, 0.4) is 0 Å². The lowest BCUT2D eigenvalue weighted by Gasteiger charge is -2.38. The maximum atomic E-state index is 12.6. The van der Waals surface area contributed by atoms with Crippen molar-refractivity contribution in [1.82, 2.24) is 10.2 Å². The van der Waals surface area contributed by atoms with Crippen molar-refractivity contribution >= 4 is 5.91 Å². The van der Waals surface area contributed by atoms with E-state index in [2.05, 4.69) is 89.9 Å². The van der Waals surface area contributed by atoms with Gasteiger partial charge in [0.05, 0.1) is 5.54 Å². The topological polar surface area (TPSA) is 32.1 Å². The molecule has 1 amide bonds. The first-order chi connectivity index (χ1) is 13.2. The number of carbonyl (C=O) groups is 1. The molecule has 3 atom stereocenters. The van der Waals surface area contributed by atoms with Crippen molar-refractivity contribution in [2.45, 2.75) is 24.5 Å². The van der Waals surface area contributed by atoms with Crippen LogP contribution in [-0.2, 0) is 10.3 Å². The number of nitrogens with zero attached hydrogens (tertiary/aromatic N) is 1. The fraction of sp³-hybridized carbons (Fsp3) is 0.208. The van der Waals surface area contributed by atoms with E-state index in [0.29, 0.717) is 0 Å². The highest BCUT2D eigenvalue weighted by atomic mass is 16.2. The van der Waals surface area contributed by atoms with Gasteiger partial charge in [0, 0.05) is 13.1 Å². The molecule has 0 spiro atoms. The van der Waals surface area contributed by atoms with Gasteiger partial charge in [0.2, 0.25) is 5.91 Å². The third-order valence-corrected chi connectivity index (χ3v) is 5.58. The molecule has 2 unspecified atom stereocenters. The van der Waals surface area contributed by atoms with E-state index in [-0.39, 0.29) is 18.0 Å². The van der Waals surface area contributed by atoms with Crippen LogP contribution >= 0.6 is 0 Å². The van der Waals surface area contributed by atoms with Gasteiger partial charge in [-0.05, 0) is 23.6 Å². The maximum absolute atomic E-state index is 12.6. The number of likely N-dealkylation sites (N-methyl/N-ethyl adjacent to an activating group) is 1. The molecule has 0 radical (unpaired) electrons. The summed E-state index contributed by atoms with van der Waals surface area (Å²) in [6.07, 6.45) is 0. The fourth-order valence-electron chi connectivity index (χ4n) is 4.34. The van der Waals surface area contributed by atoms with Crippen molar-refractivity contribution in [3.05, 3.63) is 108 Å². The van der Waals surface area contributed by atoms with Crippen molar-refractivity contribution in [1.29, 1.82) is 0 Å². The smallest absolute Gasteiger partial charge is 0.238 e. The predicted octanol–water partition coefficient (Wildman–Crippen LogP) is 3.80. The molecule has 0 bridgehead atoms. The number of nitrogens with one attached hydrogen (secondary N) is 1. The molecule has 0 saturated carbocycles. The van der Waals surface area contributed by atoms with E-state index in [4.69, 9.17) is 0 Å². The summed E-state index contributed by atoms with van der Waals surface area (Å²) in [5.74, 6) is 0.0645. The normalized spacial score (nSPS) is 21.5. The van der Waals surface area contributed by atoms with Crippen LogP contribution in [0.25, 0.3) is 0 Å². The minimum absolute atomic E-state index is 0.0645. The number of carbonyl (C=O) groups excluding carboxylic acids is 1. The zero-order valence-corrected chi connectivity index (χ0v) is 15.7. The van der Waals surface area contributed by atoms with E-state index in [1.165, 1.54) is 16.7 Å². The first-order valence-electron chi connectivity index (χ1n) is 9.38. The Hall–Kier alpha value is -2.91. The van der Waals surface area contributed by atoms with Gasteiger partial charge in [-0.25, -0.2) is 0 Å². The first kappa shape index (κ1) is 17.5. The van der Waals surface area contributed by atoms with Crippen LogP contribution in [0.2, 0.25) is 0 Å². The molecular weight excluding hydrogens is 332 g/mol. The molecule has 136 valence electrons. The molecule has 27 heavy (non-hydrogen) atoms. The van der Waals surface area contributed by atoms with Crippen LogP contribution < -0.4 is 5.32 Å². The lowest BCUT2D eigenvalue weighted by atomic mass is 9.76. The summed E-state index contributed by atoms with van der Waals surface area (Å²) in [7, 11) is 1.71. The molecule has 3 aromatic carbocycles. The average Bonchev–Trinajstić information content (AvgIpc) is 3.41. The Kier molecular flexibility index (Phi) is 4.54. The third kappa shape index (κ3) is 2.75. The van der Waals surface area contributed by atoms with Gasteiger partial charge in [-0.1, -0.05) is 91.0 Å². The van der Waals surface area contributed by atoms with E-state index in [0.717, 1.165) is 0 Å². The van der Waals surface area contributed by atoms with E-state index in [1.807, 2.05) is 18.2 Å². The number of hydrogen-bond acceptors (Lipinski definition) is 2. The zero-order valence-electron chi connectivity index (χ0n) is 15.7. The largest absolute Gasteiger partial charge is 0.358 e. The molecule has 3 nitrogen and oxygen atoms in total. The fourth-order valence-corrected chi connectivity index (χ4v) is 4.34. The molecular formula is C24H24N2O. The van der Waals surface area contributed by atoms with Crippen LogP contribution in [-0.4, -0.2) is 29.9 Å². The Morgan fingerprint density at radius 3 is 1.48 bits per heavy atom. The van der Waals surface area contributed by atoms with Gasteiger partial charge < -0.3 is 5.32 Å². The van der Waals surface area contributed by atoms with Crippen molar-refractivity contribution < 1.29 is 4.79 Å². The monoisotopic (exact) mass is 356 g/mol. The van der Waals surface area contributed by atoms with E-state index < -0.39 is 5.54 Å². The van der Waals surface area contributed by atoms with Gasteiger partial charge in [0.1, 0.15) is 6.04 Å². The molecule has 3 heteroatoms. The van der Waals surface area contributed by atoms with E-state index in [1.54, 1.807) is 7.05 Å². The van der Waals surface area contributed by atoms with Crippen molar-refractivity contribution in [3.8, 4) is 0 Å². The van der Waals surface area contributed by atoms with Crippen LogP contribution in [0.4, 0.5) is 0 Å². The minimum atomic E-state index is -0.514. The molecule has 1 saturated heterocycles. The van der Waals surface area contributed by atoms with Crippen LogP contribution in [0, 0.1) is 0 Å². The SMILES string of the molecule is CNC(=O)C1[C@H](C)N1C(c1ccccc1)(c1ccccc1)c1ccccc1. The van der Waals surface area contributed by atoms with Gasteiger partial charge >= 0.3 is 0 Å². The summed E-state index contributed by atoms with van der Waals surface area (Å²) in [6.45, 7) is 2.13. The van der Waals surface area contributed by atoms with Gasteiger partial charge in [0.15, 0.2) is 0 Å². The van der Waals surface area contributed by atoms with Crippen molar-refractivity contribution in [3.63, 3.8) is 0 Å². The Labute approximate surface area is 160 Å². The zero-order chi connectivity index (χ0) is 18.9. The van der Waals surface area contributed by atoms with Gasteiger partial charge in [-0.2, -0.15) is 0 Å². The summed E-state index contributed by atoms with van der Waals surface area (Å²) in [4.78, 5) is 14.9. The average molecular weight is 356 g/mol. The van der Waals surface area contributed by atoms with Crippen molar-refractivity contribution in [2.24, 2.45) is 0 Å². The molecule has 1 N–H and O–H groups in total. The molecule has 0 aliphatic carbocycles. The lowest BCUT2D eigenvalue weighted by Crippen LogP contribution is -2.41. The van der Waals surface area contributed by atoms with Crippen molar-refractivity contribution in [2.75, 3.05) is 7.05 Å². The molecule has 3 aromatic rings. The summed E-state index contributed by atoms with van der Waals surface area (Å²) < 4.78 is 0. The number of amides is 1. The Morgan fingerprint density at radius 1 is 0.778 bits per heavy atom. The standard InChI is InChI=1S/C24H24N2O/c1-18-22(23(27)25-2)26(18)24(19-12-6-3-7-13-19,20-14-8-4-9-15-20)21-16-10-5-11-17-21/h3-18,22H,1-2H3,(H,25,27)/t18-,22?,26?/m0/s1. The number of rotatable bonds is 5. The summed E-state index contributed by atoms with van der Waals surface area (Å²) in [6, 6.07) is 31.5. The number of hydrogen-bond donors (Lipinski definition) is 1. The van der Waals surface area contributed by atoms with E-state index in [9.17, 15) is 4.79 Å². The highest BCUT2D eigenvalue weighted by Crippen LogP contribution is 2.51. The highest BCUT2D eigenvalue weighted by molar-refractivity contribution is 5.86. The second kappa shape index (κ2) is 7.01. The Morgan fingerprint density at radius 2 is 1.15 bits per heavy atom. The second-order valence-electron chi connectivity index (χ2n) is 7.02. The Bertz CT molecular complexity index is 812. The summed E-state index contributed by atoms with van der Waals surface area (Å²) in [5, 5.41) is 2.83. The highest BCUT2D eigenvalue weighted by Gasteiger charge is 2.61. The summed E-state index contributed by atoms with van der Waals surface area (Å²) >= 11 is 0. The Balaban J connectivity index is 2.01. The van der Waals surface area contributed by atoms with E-state index >= 15 is 0 Å². The molecule has 4 rings (SSSR count). The molecule has 1 aliphatic rings. The van der Waals surface area contributed by atoms with Gasteiger partial charge in [-0.3, -0.25) is 9.69 Å². The minimum Gasteiger partial charge on any atom is -0.358 e. The number of benzene rings is 3.